The molecule has 2 aromatic carbocycles. The molecule has 0 radical (unpaired) electrons. The molecule has 0 spiro atoms. The van der Waals surface area contributed by atoms with Gasteiger partial charge in [0.25, 0.3) is 5.91 Å². The third-order valence-electron chi connectivity index (χ3n) is 5.92. The van der Waals surface area contributed by atoms with Crippen LogP contribution >= 0.6 is 11.6 Å². The number of benzene rings is 2. The third kappa shape index (κ3) is 6.86. The molecule has 0 unspecified atom stereocenters. The Kier molecular flexibility index (Phi) is 8.76. The second kappa shape index (κ2) is 11.6. The summed E-state index contributed by atoms with van der Waals surface area (Å²) in [4.78, 5) is 27.9. The summed E-state index contributed by atoms with van der Waals surface area (Å²) < 4.78 is 10.4. The van der Waals surface area contributed by atoms with Crippen LogP contribution in [0.15, 0.2) is 47.0 Å². The highest BCUT2D eigenvalue weighted by Gasteiger charge is 2.29. The normalized spacial score (nSPS) is 11.3. The number of halogens is 1. The van der Waals surface area contributed by atoms with E-state index in [9.17, 15) is 9.59 Å². The Morgan fingerprint density at radius 3 is 2.44 bits per heavy atom. The molecular formula is C27H33ClN4O4. The van der Waals surface area contributed by atoms with E-state index in [-0.39, 0.29) is 30.2 Å². The summed E-state index contributed by atoms with van der Waals surface area (Å²) in [5, 5.41) is 7.33. The predicted molar refractivity (Wildman–Crippen MR) is 140 cm³/mol. The Morgan fingerprint density at radius 1 is 1.17 bits per heavy atom. The molecule has 36 heavy (non-hydrogen) atoms. The van der Waals surface area contributed by atoms with Gasteiger partial charge in [-0.1, -0.05) is 42.7 Å². The summed E-state index contributed by atoms with van der Waals surface area (Å²) in [6, 6.07) is 12.6. The van der Waals surface area contributed by atoms with E-state index in [0.29, 0.717) is 46.4 Å². The SMILES string of the molecule is COc1ccc(CC(=O)Nc2ccc(Cl)c(CN(CC(C)(C)CN)C(=O)c3c(C)noc3C)c2)cc1. The highest BCUT2D eigenvalue weighted by Crippen LogP contribution is 2.27. The number of carbonyl (C=O) groups is 2. The number of nitrogens with two attached hydrogens (primary N) is 1. The zero-order chi connectivity index (χ0) is 26.5. The summed E-state index contributed by atoms with van der Waals surface area (Å²) >= 11 is 6.51. The van der Waals surface area contributed by atoms with E-state index in [1.807, 2.05) is 38.1 Å². The average Bonchev–Trinajstić information content (AvgIpc) is 3.18. The zero-order valence-corrected chi connectivity index (χ0v) is 22.1. The summed E-state index contributed by atoms with van der Waals surface area (Å²) in [5.41, 5.74) is 8.75. The predicted octanol–water partition coefficient (Wildman–Crippen LogP) is 4.76. The van der Waals surface area contributed by atoms with Crippen LogP contribution in [0.2, 0.25) is 5.02 Å². The van der Waals surface area contributed by atoms with Crippen molar-refractivity contribution < 1.29 is 18.8 Å². The molecule has 0 fully saturated rings. The molecule has 1 heterocycles. The molecule has 3 N–H and O–H groups in total. The van der Waals surface area contributed by atoms with Gasteiger partial charge < -0.3 is 25.2 Å². The molecule has 1 aromatic heterocycles. The van der Waals surface area contributed by atoms with Crippen molar-refractivity contribution in [3.05, 3.63) is 75.6 Å². The summed E-state index contributed by atoms with van der Waals surface area (Å²) in [6.45, 7) is 8.47. The molecule has 192 valence electrons. The largest absolute Gasteiger partial charge is 0.497 e. The fraction of sp³-hybridized carbons (Fsp3) is 0.370. The second-order valence-electron chi connectivity index (χ2n) is 9.61. The number of rotatable bonds is 10. The number of nitrogens with zero attached hydrogens (tertiary/aromatic N) is 2. The van der Waals surface area contributed by atoms with Gasteiger partial charge in [-0.25, -0.2) is 0 Å². The van der Waals surface area contributed by atoms with Crippen LogP contribution in [0, 0.1) is 19.3 Å². The van der Waals surface area contributed by atoms with E-state index < -0.39 is 0 Å². The summed E-state index contributed by atoms with van der Waals surface area (Å²) in [5.74, 6) is 0.813. The van der Waals surface area contributed by atoms with E-state index in [1.165, 1.54) is 0 Å². The van der Waals surface area contributed by atoms with Crippen LogP contribution in [-0.4, -0.2) is 42.1 Å². The Balaban J connectivity index is 1.81. The number of ether oxygens (including phenoxy) is 1. The number of aryl methyl sites for hydroxylation is 2. The minimum absolute atomic E-state index is 0.165. The molecule has 0 saturated carbocycles. The van der Waals surface area contributed by atoms with Crippen molar-refractivity contribution in [3.63, 3.8) is 0 Å². The van der Waals surface area contributed by atoms with Crippen LogP contribution in [0.25, 0.3) is 0 Å². The van der Waals surface area contributed by atoms with Gasteiger partial charge in [0, 0.05) is 23.8 Å². The lowest BCUT2D eigenvalue weighted by atomic mass is 9.92. The van der Waals surface area contributed by atoms with Gasteiger partial charge in [0.2, 0.25) is 5.91 Å². The van der Waals surface area contributed by atoms with Crippen LogP contribution in [0.4, 0.5) is 5.69 Å². The lowest BCUT2D eigenvalue weighted by Gasteiger charge is -2.32. The van der Waals surface area contributed by atoms with E-state index in [2.05, 4.69) is 10.5 Å². The number of amides is 2. The fourth-order valence-electron chi connectivity index (χ4n) is 3.84. The molecule has 8 nitrogen and oxygen atoms in total. The van der Waals surface area contributed by atoms with Crippen LogP contribution < -0.4 is 15.8 Å². The molecular weight excluding hydrogens is 480 g/mol. The third-order valence-corrected chi connectivity index (χ3v) is 6.29. The Hall–Kier alpha value is -3.36. The first-order valence-electron chi connectivity index (χ1n) is 11.7. The molecule has 0 atom stereocenters. The Morgan fingerprint density at radius 2 is 1.86 bits per heavy atom. The molecule has 2 amide bonds. The highest BCUT2D eigenvalue weighted by molar-refractivity contribution is 6.31. The van der Waals surface area contributed by atoms with Gasteiger partial charge in [0.05, 0.1) is 19.2 Å². The fourth-order valence-corrected chi connectivity index (χ4v) is 4.02. The number of methoxy groups -OCH3 is 1. The number of carbonyl (C=O) groups excluding carboxylic acids is 2. The first kappa shape index (κ1) is 27.2. The van der Waals surface area contributed by atoms with Crippen LogP contribution in [0.1, 0.15) is 46.8 Å². The minimum Gasteiger partial charge on any atom is -0.497 e. The topological polar surface area (TPSA) is 111 Å². The molecule has 9 heteroatoms. The van der Waals surface area contributed by atoms with Crippen molar-refractivity contribution in [1.29, 1.82) is 0 Å². The highest BCUT2D eigenvalue weighted by atomic mass is 35.5. The number of hydrogen-bond acceptors (Lipinski definition) is 6. The molecule has 0 bridgehead atoms. The Bertz CT molecular complexity index is 1200. The molecule has 0 aliphatic heterocycles. The van der Waals surface area contributed by atoms with Gasteiger partial charge in [0.15, 0.2) is 0 Å². The van der Waals surface area contributed by atoms with Gasteiger partial charge in [-0.15, -0.1) is 0 Å². The van der Waals surface area contributed by atoms with Gasteiger partial charge in [-0.2, -0.15) is 0 Å². The van der Waals surface area contributed by atoms with E-state index in [4.69, 9.17) is 26.6 Å². The standard InChI is InChI=1S/C27H33ClN4O4/c1-17-25(18(2)36-31-17)26(34)32(16-27(3,4)15-29)14-20-13-21(8-11-23(20)28)30-24(33)12-19-6-9-22(35-5)10-7-19/h6-11,13H,12,14-16,29H2,1-5H3,(H,30,33). The molecule has 0 aliphatic rings. The maximum atomic E-state index is 13.5. The molecule has 3 aromatic rings. The van der Waals surface area contributed by atoms with Crippen molar-refractivity contribution in [2.75, 3.05) is 25.5 Å². The van der Waals surface area contributed by atoms with Crippen molar-refractivity contribution in [2.24, 2.45) is 11.1 Å². The second-order valence-corrected chi connectivity index (χ2v) is 10.0. The van der Waals surface area contributed by atoms with Gasteiger partial charge in [0.1, 0.15) is 17.1 Å². The van der Waals surface area contributed by atoms with Gasteiger partial charge in [-0.05, 0) is 67.3 Å². The zero-order valence-electron chi connectivity index (χ0n) is 21.4. The number of aromatic nitrogens is 1. The Labute approximate surface area is 216 Å². The van der Waals surface area contributed by atoms with Gasteiger partial charge >= 0.3 is 0 Å². The smallest absolute Gasteiger partial charge is 0.259 e. The lowest BCUT2D eigenvalue weighted by Crippen LogP contribution is -2.42. The monoisotopic (exact) mass is 512 g/mol. The number of nitrogens with one attached hydrogen (secondary N) is 1. The molecule has 0 aliphatic carbocycles. The van der Waals surface area contributed by atoms with Crippen LogP contribution in [0.5, 0.6) is 5.75 Å². The molecule has 0 saturated heterocycles. The number of anilines is 1. The van der Waals surface area contributed by atoms with Crippen molar-refractivity contribution in [2.45, 2.75) is 40.7 Å². The lowest BCUT2D eigenvalue weighted by molar-refractivity contribution is -0.115. The van der Waals surface area contributed by atoms with Crippen LogP contribution in [0.3, 0.4) is 0 Å². The van der Waals surface area contributed by atoms with E-state index >= 15 is 0 Å². The molecule has 3 rings (SSSR count). The van der Waals surface area contributed by atoms with Crippen molar-refractivity contribution in [3.8, 4) is 5.75 Å². The van der Waals surface area contributed by atoms with Gasteiger partial charge in [-0.3, -0.25) is 9.59 Å². The van der Waals surface area contributed by atoms with Crippen molar-refractivity contribution in [1.82, 2.24) is 10.1 Å². The quantitative estimate of drug-likeness (QED) is 0.405. The summed E-state index contributed by atoms with van der Waals surface area (Å²) in [6.07, 6.45) is 0.212. The number of hydrogen-bond donors (Lipinski definition) is 2. The maximum absolute atomic E-state index is 13.5. The van der Waals surface area contributed by atoms with Crippen molar-refractivity contribution >= 4 is 29.1 Å². The summed E-state index contributed by atoms with van der Waals surface area (Å²) in [7, 11) is 1.60. The first-order valence-corrected chi connectivity index (χ1v) is 12.0. The first-order chi connectivity index (χ1) is 17.0. The van der Waals surface area contributed by atoms with E-state index in [0.717, 1.165) is 11.3 Å². The maximum Gasteiger partial charge on any atom is 0.259 e. The van der Waals surface area contributed by atoms with Crippen LogP contribution in [-0.2, 0) is 17.8 Å². The average molecular weight is 513 g/mol. The minimum atomic E-state index is -0.328. The van der Waals surface area contributed by atoms with E-state index in [1.54, 1.807) is 44.1 Å².